The first kappa shape index (κ1) is 13.5. The van der Waals surface area contributed by atoms with Crippen LogP contribution in [-0.2, 0) is 12.8 Å². The van der Waals surface area contributed by atoms with Crippen LogP contribution >= 0.6 is 0 Å². The van der Waals surface area contributed by atoms with Gasteiger partial charge in [-0.05, 0) is 12.8 Å². The molecule has 0 aliphatic heterocycles. The minimum Gasteiger partial charge on any atom is -0.308 e. The average Bonchev–Trinajstić information content (AvgIpc) is 2.88. The summed E-state index contributed by atoms with van der Waals surface area (Å²) in [4.78, 5) is 13.0. The summed E-state index contributed by atoms with van der Waals surface area (Å²) in [5.41, 5.74) is 3.68. The molecule has 0 aromatic carbocycles. The van der Waals surface area contributed by atoms with E-state index in [1.807, 2.05) is 10.8 Å². The summed E-state index contributed by atoms with van der Waals surface area (Å²) in [6, 6.07) is 0. The fourth-order valence-electron chi connectivity index (χ4n) is 2.15. The van der Waals surface area contributed by atoms with Gasteiger partial charge in [0, 0.05) is 24.4 Å². The molecule has 0 radical (unpaired) electrons. The lowest BCUT2D eigenvalue weighted by molar-refractivity contribution is 0.780. The van der Waals surface area contributed by atoms with Crippen LogP contribution < -0.4 is 11.3 Å². The van der Waals surface area contributed by atoms with E-state index in [1.54, 1.807) is 6.20 Å². The highest BCUT2D eigenvalue weighted by molar-refractivity contribution is 5.51. The van der Waals surface area contributed by atoms with Gasteiger partial charge in [-0.3, -0.25) is 4.57 Å². The number of nitrogen functional groups attached to an aromatic ring is 1. The fourth-order valence-corrected chi connectivity index (χ4v) is 2.15. The van der Waals surface area contributed by atoms with Gasteiger partial charge in [0.2, 0.25) is 0 Å². The summed E-state index contributed by atoms with van der Waals surface area (Å²) in [6.07, 6.45) is 9.12. The van der Waals surface area contributed by atoms with Crippen LogP contribution in [0, 0.1) is 0 Å². The van der Waals surface area contributed by atoms with Crippen LogP contribution in [0.3, 0.4) is 0 Å². The van der Waals surface area contributed by atoms with Crippen molar-refractivity contribution in [2.45, 2.75) is 39.5 Å². The van der Waals surface area contributed by atoms with Crippen molar-refractivity contribution < 1.29 is 0 Å². The van der Waals surface area contributed by atoms with E-state index in [0.29, 0.717) is 5.82 Å². The van der Waals surface area contributed by atoms with Crippen LogP contribution in [0.25, 0.3) is 5.82 Å². The maximum atomic E-state index is 5.53. The van der Waals surface area contributed by atoms with Crippen LogP contribution in [0.15, 0.2) is 18.7 Å². The van der Waals surface area contributed by atoms with Crippen LogP contribution in [0.2, 0.25) is 0 Å². The van der Waals surface area contributed by atoms with Gasteiger partial charge in [0.25, 0.3) is 0 Å². The van der Waals surface area contributed by atoms with Gasteiger partial charge in [0.1, 0.15) is 23.8 Å². The van der Waals surface area contributed by atoms with Crippen molar-refractivity contribution in [2.75, 3.05) is 5.43 Å². The zero-order valence-corrected chi connectivity index (χ0v) is 11.4. The zero-order chi connectivity index (χ0) is 13.7. The van der Waals surface area contributed by atoms with E-state index in [1.165, 1.54) is 6.33 Å². The third kappa shape index (κ3) is 2.73. The highest BCUT2D eigenvalue weighted by Crippen LogP contribution is 2.21. The third-order valence-corrected chi connectivity index (χ3v) is 2.98. The SMILES string of the molecule is CCCc1c(NN)ncnc1-n1ccnc1CCC. The number of hydrazine groups is 1. The first-order chi connectivity index (χ1) is 9.31. The number of nitrogens with two attached hydrogens (primary N) is 1. The largest absolute Gasteiger partial charge is 0.308 e. The number of hydrogen-bond donors (Lipinski definition) is 2. The molecule has 6 heteroatoms. The van der Waals surface area contributed by atoms with Crippen molar-refractivity contribution in [2.24, 2.45) is 5.84 Å². The molecule has 2 rings (SSSR count). The predicted molar refractivity (Wildman–Crippen MR) is 75.0 cm³/mol. The smallest absolute Gasteiger partial charge is 0.148 e. The Balaban J connectivity index is 2.51. The normalized spacial score (nSPS) is 10.7. The Morgan fingerprint density at radius 3 is 2.63 bits per heavy atom. The van der Waals surface area contributed by atoms with Crippen molar-refractivity contribution >= 4 is 5.82 Å². The molecule has 0 bridgehead atoms. The zero-order valence-electron chi connectivity index (χ0n) is 11.4. The van der Waals surface area contributed by atoms with Crippen LogP contribution in [0.5, 0.6) is 0 Å². The summed E-state index contributed by atoms with van der Waals surface area (Å²) >= 11 is 0. The summed E-state index contributed by atoms with van der Waals surface area (Å²) in [5.74, 6) is 8.10. The lowest BCUT2D eigenvalue weighted by atomic mass is 10.1. The highest BCUT2D eigenvalue weighted by Gasteiger charge is 2.14. The molecule has 0 saturated heterocycles. The molecule has 0 fully saturated rings. The number of aromatic nitrogens is 4. The van der Waals surface area contributed by atoms with Gasteiger partial charge >= 0.3 is 0 Å². The summed E-state index contributed by atoms with van der Waals surface area (Å²) in [7, 11) is 0. The van der Waals surface area contributed by atoms with Gasteiger partial charge in [-0.15, -0.1) is 0 Å². The van der Waals surface area contributed by atoms with Gasteiger partial charge in [0.05, 0.1) is 0 Å². The Morgan fingerprint density at radius 1 is 1.16 bits per heavy atom. The quantitative estimate of drug-likeness (QED) is 0.612. The number of nitrogens with zero attached hydrogens (tertiary/aromatic N) is 4. The van der Waals surface area contributed by atoms with Crippen molar-refractivity contribution in [3.63, 3.8) is 0 Å². The van der Waals surface area contributed by atoms with Gasteiger partial charge in [0.15, 0.2) is 0 Å². The number of anilines is 1. The molecule has 0 aliphatic rings. The molecule has 2 aromatic heterocycles. The molecule has 6 nitrogen and oxygen atoms in total. The lowest BCUT2D eigenvalue weighted by Gasteiger charge is -2.14. The Kier molecular flexibility index (Phi) is 4.46. The number of aryl methyl sites for hydroxylation is 1. The topological polar surface area (TPSA) is 81.6 Å². The van der Waals surface area contributed by atoms with Crippen molar-refractivity contribution in [3.8, 4) is 5.82 Å². The Hall–Kier alpha value is -1.95. The van der Waals surface area contributed by atoms with Crippen molar-refractivity contribution in [3.05, 3.63) is 30.1 Å². The highest BCUT2D eigenvalue weighted by atomic mass is 15.3. The molecule has 102 valence electrons. The van der Waals surface area contributed by atoms with Gasteiger partial charge < -0.3 is 5.43 Å². The molecule has 0 atom stereocenters. The second-order valence-corrected chi connectivity index (χ2v) is 4.38. The summed E-state index contributed by atoms with van der Waals surface area (Å²) in [6.45, 7) is 4.26. The van der Waals surface area contributed by atoms with Gasteiger partial charge in [-0.1, -0.05) is 20.3 Å². The van der Waals surface area contributed by atoms with Crippen LogP contribution in [0.1, 0.15) is 38.1 Å². The molecule has 0 spiro atoms. The molecule has 3 N–H and O–H groups in total. The predicted octanol–water partition coefficient (Wildman–Crippen LogP) is 1.85. The van der Waals surface area contributed by atoms with E-state index in [-0.39, 0.29) is 0 Å². The standard InChI is InChI=1S/C13H20N6/c1-3-5-10-12(18-14)16-9-17-13(10)19-8-7-15-11(19)6-4-2/h7-9H,3-6,14H2,1-2H3,(H,16,17,18). The molecule has 19 heavy (non-hydrogen) atoms. The minimum atomic E-state index is 0.683. The maximum Gasteiger partial charge on any atom is 0.148 e. The van der Waals surface area contributed by atoms with E-state index in [9.17, 15) is 0 Å². The lowest BCUT2D eigenvalue weighted by Crippen LogP contribution is -2.15. The van der Waals surface area contributed by atoms with Crippen molar-refractivity contribution in [1.82, 2.24) is 19.5 Å². The summed E-state index contributed by atoms with van der Waals surface area (Å²) in [5, 5.41) is 0. The second kappa shape index (κ2) is 6.29. The molecule has 0 saturated carbocycles. The van der Waals surface area contributed by atoms with E-state index < -0.39 is 0 Å². The van der Waals surface area contributed by atoms with E-state index in [0.717, 1.165) is 42.9 Å². The number of rotatable bonds is 6. The molecule has 2 heterocycles. The maximum absolute atomic E-state index is 5.53. The number of nitrogens with one attached hydrogen (secondary N) is 1. The van der Waals surface area contributed by atoms with E-state index in [2.05, 4.69) is 34.2 Å². The van der Waals surface area contributed by atoms with Gasteiger partial charge in [-0.2, -0.15) is 0 Å². The second-order valence-electron chi connectivity index (χ2n) is 4.38. The first-order valence-corrected chi connectivity index (χ1v) is 6.64. The Labute approximate surface area is 113 Å². The molecule has 0 amide bonds. The minimum absolute atomic E-state index is 0.683. The summed E-state index contributed by atoms with van der Waals surface area (Å²) < 4.78 is 2.02. The fraction of sp³-hybridized carbons (Fsp3) is 0.462. The average molecular weight is 260 g/mol. The van der Waals surface area contributed by atoms with E-state index >= 15 is 0 Å². The first-order valence-electron chi connectivity index (χ1n) is 6.64. The third-order valence-electron chi connectivity index (χ3n) is 2.98. The molecule has 0 unspecified atom stereocenters. The van der Waals surface area contributed by atoms with Crippen LogP contribution in [0.4, 0.5) is 5.82 Å². The van der Waals surface area contributed by atoms with Crippen molar-refractivity contribution in [1.29, 1.82) is 0 Å². The molecular formula is C13H20N6. The monoisotopic (exact) mass is 260 g/mol. The number of imidazole rings is 1. The Morgan fingerprint density at radius 2 is 1.95 bits per heavy atom. The molecular weight excluding hydrogens is 240 g/mol. The van der Waals surface area contributed by atoms with Gasteiger partial charge in [-0.25, -0.2) is 20.8 Å². The molecule has 2 aromatic rings. The van der Waals surface area contributed by atoms with Crippen LogP contribution in [-0.4, -0.2) is 19.5 Å². The van der Waals surface area contributed by atoms with E-state index in [4.69, 9.17) is 5.84 Å². The number of hydrogen-bond acceptors (Lipinski definition) is 5. The molecule has 0 aliphatic carbocycles. The Bertz CT molecular complexity index is 534.